The molecule has 2 aliphatic rings. The number of aryl methyl sites for hydroxylation is 1. The van der Waals surface area contributed by atoms with E-state index >= 15 is 0 Å². The molecule has 1 aromatic carbocycles. The summed E-state index contributed by atoms with van der Waals surface area (Å²) >= 11 is 0. The Morgan fingerprint density at radius 1 is 1.11 bits per heavy atom. The molecule has 0 aliphatic heterocycles. The molecule has 0 bridgehead atoms. The summed E-state index contributed by atoms with van der Waals surface area (Å²) in [6.07, 6.45) is 15.7. The molecule has 19 heavy (non-hydrogen) atoms. The van der Waals surface area contributed by atoms with Crippen LogP contribution in [0.15, 0.2) is 18.2 Å². The van der Waals surface area contributed by atoms with E-state index in [1.807, 2.05) is 0 Å². The van der Waals surface area contributed by atoms with Crippen molar-refractivity contribution in [1.29, 1.82) is 0 Å². The Kier molecular flexibility index (Phi) is 5.62. The van der Waals surface area contributed by atoms with Crippen LogP contribution in [0.4, 0.5) is 0 Å². The van der Waals surface area contributed by atoms with Crippen LogP contribution < -0.4 is 0 Å². The first-order valence-electron chi connectivity index (χ1n) is 7.73. The summed E-state index contributed by atoms with van der Waals surface area (Å²) in [4.78, 5) is 0. The van der Waals surface area contributed by atoms with Gasteiger partial charge in [0.25, 0.3) is 0 Å². The van der Waals surface area contributed by atoms with Crippen LogP contribution >= 0.6 is 0 Å². The zero-order valence-electron chi connectivity index (χ0n) is 12.0. The van der Waals surface area contributed by atoms with Gasteiger partial charge >= 0.3 is 0 Å². The average molecular weight is 419 g/mol. The van der Waals surface area contributed by atoms with Gasteiger partial charge < -0.3 is 0 Å². The fraction of sp³-hybridized carbons (Fsp3) is 0.556. The molecular weight excluding hydrogens is 395 g/mol. The van der Waals surface area contributed by atoms with Crippen LogP contribution in [-0.4, -0.2) is 0 Å². The molecule has 0 aromatic heterocycles. The van der Waals surface area contributed by atoms with Gasteiger partial charge in [-0.05, 0) is 54.4 Å². The Morgan fingerprint density at radius 2 is 1.95 bits per heavy atom. The van der Waals surface area contributed by atoms with Gasteiger partial charge in [0.05, 0.1) is 0 Å². The largest absolute Gasteiger partial charge is 0.0764 e. The predicted octanol–water partition coefficient (Wildman–Crippen LogP) is 5.25. The third-order valence-electron chi connectivity index (χ3n) is 4.61. The second kappa shape index (κ2) is 7.02. The molecular formula is C18H24Hf. The minimum Gasteiger partial charge on any atom is -0.0764 e. The van der Waals surface area contributed by atoms with Crippen molar-refractivity contribution in [3.63, 3.8) is 0 Å². The molecule has 1 unspecified atom stereocenters. The standard InChI is InChI=1S/C18H24.Hf/c1-2-3-4-8-15-12-13-16-11-10-14-7-5-6-9-17(14)18(15)16;/h10-13,15H,2-9H2,1H3;. The average Bonchev–Trinajstić information content (AvgIpc) is 2.83. The number of rotatable bonds is 4. The molecule has 3 rings (SSSR count). The van der Waals surface area contributed by atoms with E-state index in [4.69, 9.17) is 0 Å². The Bertz CT molecular complexity index is 459. The molecule has 2 aliphatic carbocycles. The SMILES string of the molecule is CCCCCC1C=Cc2ccc3c(c21)CCCC3.[Hf]. The number of benzene rings is 1. The summed E-state index contributed by atoms with van der Waals surface area (Å²) < 4.78 is 0. The normalized spacial score (nSPS) is 19.7. The van der Waals surface area contributed by atoms with E-state index in [0.717, 1.165) is 5.92 Å². The van der Waals surface area contributed by atoms with Crippen LogP contribution in [0.1, 0.15) is 73.6 Å². The smallest absolute Gasteiger partial charge is 0.00300 e. The van der Waals surface area contributed by atoms with Gasteiger partial charge in [0, 0.05) is 31.8 Å². The van der Waals surface area contributed by atoms with Crippen LogP contribution in [0.25, 0.3) is 6.08 Å². The van der Waals surface area contributed by atoms with Crippen molar-refractivity contribution in [1.82, 2.24) is 0 Å². The molecule has 0 radical (unpaired) electrons. The number of unbranched alkanes of at least 4 members (excludes halogenated alkanes) is 2. The summed E-state index contributed by atoms with van der Waals surface area (Å²) in [7, 11) is 0. The fourth-order valence-corrected chi connectivity index (χ4v) is 3.63. The maximum atomic E-state index is 2.45. The summed E-state index contributed by atoms with van der Waals surface area (Å²) in [6, 6.07) is 4.74. The molecule has 0 fully saturated rings. The van der Waals surface area contributed by atoms with Gasteiger partial charge in [-0.2, -0.15) is 0 Å². The second-order valence-corrected chi connectivity index (χ2v) is 5.87. The first-order chi connectivity index (χ1) is 8.90. The topological polar surface area (TPSA) is 0 Å². The van der Waals surface area contributed by atoms with Crippen molar-refractivity contribution in [2.75, 3.05) is 0 Å². The van der Waals surface area contributed by atoms with Gasteiger partial charge in [0.1, 0.15) is 0 Å². The van der Waals surface area contributed by atoms with Gasteiger partial charge in [0.15, 0.2) is 0 Å². The molecule has 0 amide bonds. The van der Waals surface area contributed by atoms with E-state index in [2.05, 4.69) is 31.2 Å². The quantitative estimate of drug-likeness (QED) is 0.462. The molecule has 0 heterocycles. The molecule has 0 nitrogen and oxygen atoms in total. The number of fused-ring (bicyclic) bond motifs is 3. The molecule has 1 heteroatoms. The van der Waals surface area contributed by atoms with Crippen molar-refractivity contribution in [2.24, 2.45) is 0 Å². The summed E-state index contributed by atoms with van der Waals surface area (Å²) in [5.41, 5.74) is 6.56. The predicted molar refractivity (Wildman–Crippen MR) is 79.0 cm³/mol. The second-order valence-electron chi connectivity index (χ2n) is 5.87. The monoisotopic (exact) mass is 420 g/mol. The number of hydrogen-bond donors (Lipinski definition) is 0. The van der Waals surface area contributed by atoms with Gasteiger partial charge in [-0.3, -0.25) is 0 Å². The third-order valence-corrected chi connectivity index (χ3v) is 4.61. The Morgan fingerprint density at radius 3 is 2.79 bits per heavy atom. The molecule has 0 N–H and O–H groups in total. The number of hydrogen-bond acceptors (Lipinski definition) is 0. The number of allylic oxidation sites excluding steroid dienone is 1. The van der Waals surface area contributed by atoms with Crippen LogP contribution in [0.3, 0.4) is 0 Å². The zero-order valence-corrected chi connectivity index (χ0v) is 15.6. The Labute approximate surface area is 136 Å². The minimum absolute atomic E-state index is 0. The van der Waals surface area contributed by atoms with Crippen LogP contribution in [0.2, 0.25) is 0 Å². The van der Waals surface area contributed by atoms with Gasteiger partial charge in [0.2, 0.25) is 0 Å². The van der Waals surface area contributed by atoms with E-state index in [0.29, 0.717) is 0 Å². The van der Waals surface area contributed by atoms with Crippen molar-refractivity contribution in [3.8, 4) is 0 Å². The molecule has 100 valence electrons. The van der Waals surface area contributed by atoms with E-state index in [-0.39, 0.29) is 25.8 Å². The molecule has 1 aromatic rings. The van der Waals surface area contributed by atoms with Crippen molar-refractivity contribution in [3.05, 3.63) is 40.5 Å². The summed E-state index contributed by atoms with van der Waals surface area (Å²) in [5, 5.41) is 0. The van der Waals surface area contributed by atoms with Crippen LogP contribution in [0, 0.1) is 0 Å². The van der Waals surface area contributed by atoms with Crippen LogP contribution in [0.5, 0.6) is 0 Å². The van der Waals surface area contributed by atoms with E-state index in [1.165, 1.54) is 56.9 Å². The van der Waals surface area contributed by atoms with Gasteiger partial charge in [-0.25, -0.2) is 0 Å². The summed E-state index contributed by atoms with van der Waals surface area (Å²) in [6.45, 7) is 2.29. The molecule has 1 atom stereocenters. The minimum atomic E-state index is 0. The van der Waals surface area contributed by atoms with E-state index in [9.17, 15) is 0 Å². The van der Waals surface area contributed by atoms with Crippen molar-refractivity contribution >= 4 is 6.08 Å². The van der Waals surface area contributed by atoms with Gasteiger partial charge in [-0.1, -0.05) is 50.5 Å². The Hall–Kier alpha value is -0.170. The van der Waals surface area contributed by atoms with Crippen LogP contribution in [-0.2, 0) is 38.7 Å². The van der Waals surface area contributed by atoms with Crippen molar-refractivity contribution < 1.29 is 25.8 Å². The third kappa shape index (κ3) is 3.12. The first-order valence-corrected chi connectivity index (χ1v) is 7.73. The Balaban J connectivity index is 0.00000133. The zero-order chi connectivity index (χ0) is 12.4. The summed E-state index contributed by atoms with van der Waals surface area (Å²) in [5.74, 6) is 0.722. The van der Waals surface area contributed by atoms with Gasteiger partial charge in [-0.15, -0.1) is 0 Å². The first kappa shape index (κ1) is 15.2. The fourth-order valence-electron chi connectivity index (χ4n) is 3.63. The molecule has 0 saturated heterocycles. The molecule has 0 spiro atoms. The van der Waals surface area contributed by atoms with E-state index in [1.54, 1.807) is 16.7 Å². The molecule has 0 saturated carbocycles. The maximum Gasteiger partial charge on any atom is 0.00300 e. The van der Waals surface area contributed by atoms with Crippen molar-refractivity contribution in [2.45, 2.75) is 64.2 Å². The van der Waals surface area contributed by atoms with E-state index < -0.39 is 0 Å². The maximum absolute atomic E-state index is 2.45.